The number of benzene rings is 2. The van der Waals surface area contributed by atoms with E-state index in [1.807, 2.05) is 6.07 Å². The molecular weight excluding hydrogens is 304 g/mol. The minimum absolute atomic E-state index is 0.121. The molecule has 2 aromatic rings. The minimum Gasteiger partial charge on any atom is -0.348 e. The average Bonchev–Trinajstić information content (AvgIpc) is 3.06. The van der Waals surface area contributed by atoms with Crippen LogP contribution in [0.15, 0.2) is 48.5 Å². The van der Waals surface area contributed by atoms with Gasteiger partial charge in [0, 0.05) is 30.9 Å². The number of nitriles is 1. The monoisotopic (exact) mass is 320 g/mol. The topological polar surface area (TPSA) is 85.2 Å². The van der Waals surface area contributed by atoms with Crippen molar-refractivity contribution < 1.29 is 9.59 Å². The zero-order chi connectivity index (χ0) is 16.9. The maximum Gasteiger partial charge on any atom is 0.321 e. The molecule has 1 heterocycles. The zero-order valence-corrected chi connectivity index (χ0v) is 13.0. The van der Waals surface area contributed by atoms with Crippen LogP contribution in [0.5, 0.6) is 0 Å². The predicted molar refractivity (Wildman–Crippen MR) is 89.5 cm³/mol. The number of amides is 3. The Morgan fingerprint density at radius 2 is 2.04 bits per heavy atom. The Hall–Kier alpha value is -3.33. The lowest BCUT2D eigenvalue weighted by atomic mass is 10.1. The lowest BCUT2D eigenvalue weighted by Crippen LogP contribution is -2.27. The number of hydrogen-bond donors (Lipinski definition) is 2. The second-order valence-electron chi connectivity index (χ2n) is 5.43. The van der Waals surface area contributed by atoms with E-state index in [1.165, 1.54) is 0 Å². The van der Waals surface area contributed by atoms with Gasteiger partial charge < -0.3 is 10.6 Å². The highest BCUT2D eigenvalue weighted by atomic mass is 16.2. The van der Waals surface area contributed by atoms with Crippen molar-refractivity contribution in [2.75, 3.05) is 18.0 Å². The first-order valence-corrected chi connectivity index (χ1v) is 7.60. The van der Waals surface area contributed by atoms with Crippen molar-refractivity contribution in [3.8, 4) is 6.07 Å². The molecule has 3 rings (SSSR count). The number of anilines is 1. The normalized spacial score (nSPS) is 13.3. The third-order valence-corrected chi connectivity index (χ3v) is 3.81. The third kappa shape index (κ3) is 3.36. The molecule has 1 fully saturated rings. The summed E-state index contributed by atoms with van der Waals surface area (Å²) in [4.78, 5) is 25.5. The Bertz CT molecular complexity index is 809. The molecule has 0 unspecified atom stereocenters. The van der Waals surface area contributed by atoms with Gasteiger partial charge in [0.15, 0.2) is 0 Å². The molecule has 0 bridgehead atoms. The predicted octanol–water partition coefficient (Wildman–Crippen LogP) is 2.02. The molecule has 2 N–H and O–H groups in total. The van der Waals surface area contributed by atoms with Crippen LogP contribution in [0, 0.1) is 11.3 Å². The van der Waals surface area contributed by atoms with E-state index in [-0.39, 0.29) is 11.9 Å². The average molecular weight is 320 g/mol. The summed E-state index contributed by atoms with van der Waals surface area (Å²) in [6.45, 7) is 1.60. The molecule has 0 radical (unpaired) electrons. The molecular formula is C18H16N4O2. The van der Waals surface area contributed by atoms with Crippen molar-refractivity contribution in [3.63, 3.8) is 0 Å². The molecule has 0 atom stereocenters. The van der Waals surface area contributed by atoms with Gasteiger partial charge in [-0.3, -0.25) is 9.69 Å². The van der Waals surface area contributed by atoms with E-state index in [1.54, 1.807) is 47.4 Å². The fourth-order valence-electron chi connectivity index (χ4n) is 2.55. The van der Waals surface area contributed by atoms with Crippen molar-refractivity contribution in [1.82, 2.24) is 10.6 Å². The molecule has 6 heteroatoms. The Morgan fingerprint density at radius 3 is 2.71 bits per heavy atom. The standard InChI is InChI=1S/C18H16N4O2/c19-11-13-2-1-3-14(10-13)12-21-17(23)15-4-6-16(7-5-15)22-9-8-20-18(22)24/h1-7,10H,8-9,12H2,(H,20,24)(H,21,23). The van der Waals surface area contributed by atoms with Gasteiger partial charge in [-0.1, -0.05) is 12.1 Å². The Balaban J connectivity index is 1.62. The molecule has 0 spiro atoms. The van der Waals surface area contributed by atoms with Crippen molar-refractivity contribution in [1.29, 1.82) is 5.26 Å². The molecule has 1 aliphatic rings. The molecule has 3 amide bonds. The van der Waals surface area contributed by atoms with E-state index in [0.717, 1.165) is 11.3 Å². The Labute approximate surface area is 139 Å². The maximum absolute atomic E-state index is 12.2. The van der Waals surface area contributed by atoms with Crippen molar-refractivity contribution in [3.05, 3.63) is 65.2 Å². The van der Waals surface area contributed by atoms with E-state index in [2.05, 4.69) is 16.7 Å². The fourth-order valence-corrected chi connectivity index (χ4v) is 2.55. The molecule has 24 heavy (non-hydrogen) atoms. The number of nitrogens with one attached hydrogen (secondary N) is 2. The molecule has 0 aliphatic carbocycles. The third-order valence-electron chi connectivity index (χ3n) is 3.81. The molecule has 0 saturated carbocycles. The van der Waals surface area contributed by atoms with Crippen LogP contribution in [0.3, 0.4) is 0 Å². The van der Waals surface area contributed by atoms with Gasteiger partial charge >= 0.3 is 6.03 Å². The number of nitrogens with zero attached hydrogens (tertiary/aromatic N) is 2. The van der Waals surface area contributed by atoms with Crippen LogP contribution in [0.1, 0.15) is 21.5 Å². The van der Waals surface area contributed by atoms with Crippen LogP contribution < -0.4 is 15.5 Å². The van der Waals surface area contributed by atoms with E-state index in [4.69, 9.17) is 5.26 Å². The summed E-state index contributed by atoms with van der Waals surface area (Å²) >= 11 is 0. The van der Waals surface area contributed by atoms with Crippen molar-refractivity contribution in [2.45, 2.75) is 6.54 Å². The summed E-state index contributed by atoms with van der Waals surface area (Å²) in [6.07, 6.45) is 0. The van der Waals surface area contributed by atoms with Crippen LogP contribution >= 0.6 is 0 Å². The van der Waals surface area contributed by atoms with Gasteiger partial charge in [-0.2, -0.15) is 5.26 Å². The fraction of sp³-hybridized carbons (Fsp3) is 0.167. The minimum atomic E-state index is -0.199. The highest BCUT2D eigenvalue weighted by molar-refractivity contribution is 5.96. The largest absolute Gasteiger partial charge is 0.348 e. The lowest BCUT2D eigenvalue weighted by Gasteiger charge is -2.14. The van der Waals surface area contributed by atoms with Crippen LogP contribution in [0.2, 0.25) is 0 Å². The summed E-state index contributed by atoms with van der Waals surface area (Å²) in [5, 5.41) is 14.4. The van der Waals surface area contributed by atoms with E-state index >= 15 is 0 Å². The number of rotatable bonds is 4. The molecule has 2 aromatic carbocycles. The summed E-state index contributed by atoms with van der Waals surface area (Å²) in [6, 6.07) is 16.0. The highest BCUT2D eigenvalue weighted by Crippen LogP contribution is 2.17. The molecule has 1 saturated heterocycles. The lowest BCUT2D eigenvalue weighted by molar-refractivity contribution is 0.0951. The van der Waals surface area contributed by atoms with Gasteiger partial charge in [-0.25, -0.2) is 4.79 Å². The van der Waals surface area contributed by atoms with Gasteiger partial charge in [0.05, 0.1) is 11.6 Å². The van der Waals surface area contributed by atoms with Gasteiger partial charge in [-0.05, 0) is 42.0 Å². The van der Waals surface area contributed by atoms with E-state index in [0.29, 0.717) is 30.8 Å². The first-order valence-electron chi connectivity index (χ1n) is 7.60. The summed E-state index contributed by atoms with van der Waals surface area (Å²) in [5.74, 6) is -0.199. The van der Waals surface area contributed by atoms with Crippen LogP contribution in [-0.2, 0) is 6.54 Å². The smallest absolute Gasteiger partial charge is 0.321 e. The Kier molecular flexibility index (Phi) is 4.43. The van der Waals surface area contributed by atoms with Gasteiger partial charge in [0.1, 0.15) is 0 Å². The van der Waals surface area contributed by atoms with Crippen molar-refractivity contribution in [2.24, 2.45) is 0 Å². The second-order valence-corrected chi connectivity index (χ2v) is 5.43. The van der Waals surface area contributed by atoms with Crippen LogP contribution in [0.4, 0.5) is 10.5 Å². The molecule has 1 aliphatic heterocycles. The van der Waals surface area contributed by atoms with E-state index in [9.17, 15) is 9.59 Å². The van der Waals surface area contributed by atoms with Crippen LogP contribution in [-0.4, -0.2) is 25.0 Å². The van der Waals surface area contributed by atoms with Crippen LogP contribution in [0.25, 0.3) is 0 Å². The van der Waals surface area contributed by atoms with Crippen molar-refractivity contribution >= 4 is 17.6 Å². The second kappa shape index (κ2) is 6.84. The molecule has 6 nitrogen and oxygen atoms in total. The summed E-state index contributed by atoms with van der Waals surface area (Å²) in [5.41, 5.74) is 2.72. The van der Waals surface area contributed by atoms with E-state index < -0.39 is 0 Å². The molecule has 120 valence electrons. The maximum atomic E-state index is 12.2. The first-order chi connectivity index (χ1) is 11.7. The number of hydrogen-bond acceptors (Lipinski definition) is 3. The number of urea groups is 1. The van der Waals surface area contributed by atoms with Gasteiger partial charge in [0.25, 0.3) is 5.91 Å². The van der Waals surface area contributed by atoms with Gasteiger partial charge in [-0.15, -0.1) is 0 Å². The number of carbonyl (C=O) groups is 2. The number of carbonyl (C=O) groups excluding carboxylic acids is 2. The quantitative estimate of drug-likeness (QED) is 0.904. The van der Waals surface area contributed by atoms with Gasteiger partial charge in [0.2, 0.25) is 0 Å². The first kappa shape index (κ1) is 15.6. The SMILES string of the molecule is N#Cc1cccc(CNC(=O)c2ccc(N3CCNC3=O)cc2)c1. The summed E-state index contributed by atoms with van der Waals surface area (Å²) in [7, 11) is 0. The highest BCUT2D eigenvalue weighted by Gasteiger charge is 2.21. The summed E-state index contributed by atoms with van der Waals surface area (Å²) < 4.78 is 0. The Morgan fingerprint density at radius 1 is 1.25 bits per heavy atom. The molecule has 0 aromatic heterocycles. The zero-order valence-electron chi connectivity index (χ0n) is 13.0.